The van der Waals surface area contributed by atoms with Crippen LogP contribution in [0.4, 0.5) is 0 Å². The highest BCUT2D eigenvalue weighted by Crippen LogP contribution is 2.33. The first-order chi connectivity index (χ1) is 25.5. The fourth-order valence-corrected chi connectivity index (χ4v) is 7.55. The molecule has 6 nitrogen and oxygen atoms in total. The number of carbonyl (C=O) groups is 1. The third-order valence-electron chi connectivity index (χ3n) is 10.5. The standard InChI is InChI=1S/C46H56N4O2/c1-5-8-11-14-17-34-37-24-26-39(47-37)35(18-15-12-9-6-2)41-28-30-43(49-41)45(32-20-22-33(23-21-32)46(51)52-4)44-31-29-42(50-44)36(19-16-13-10-7-3)40-27-25-38(34)48-40/h20-31,47,50H,5-19H2,1-4H3. The van der Waals surface area contributed by atoms with Crippen molar-refractivity contribution in [2.45, 2.75) is 117 Å². The molecule has 5 heterocycles. The summed E-state index contributed by atoms with van der Waals surface area (Å²) in [5, 5.41) is 0. The van der Waals surface area contributed by atoms with E-state index >= 15 is 0 Å². The zero-order valence-electron chi connectivity index (χ0n) is 31.7. The maximum atomic E-state index is 12.3. The van der Waals surface area contributed by atoms with Crippen LogP contribution in [-0.2, 0) is 24.0 Å². The molecule has 4 aromatic rings. The maximum Gasteiger partial charge on any atom is 0.337 e. The number of carbonyl (C=O) groups excluding carboxylic acids is 1. The number of unbranched alkanes of at least 4 members (excludes halogenated alkanes) is 9. The number of methoxy groups -OCH3 is 1. The Morgan fingerprint density at radius 1 is 0.519 bits per heavy atom. The predicted octanol–water partition coefficient (Wildman–Crippen LogP) is 12.5. The van der Waals surface area contributed by atoms with Crippen molar-refractivity contribution < 1.29 is 9.53 Å². The van der Waals surface area contributed by atoms with Gasteiger partial charge in [-0.1, -0.05) is 90.7 Å². The van der Waals surface area contributed by atoms with Gasteiger partial charge in [0.2, 0.25) is 0 Å². The lowest BCUT2D eigenvalue weighted by molar-refractivity contribution is 0.0600. The van der Waals surface area contributed by atoms with Gasteiger partial charge in [-0.2, -0.15) is 0 Å². The number of H-pyrrole nitrogens is 2. The van der Waals surface area contributed by atoms with Crippen molar-refractivity contribution in [1.82, 2.24) is 19.9 Å². The number of aryl methyl sites for hydroxylation is 3. The van der Waals surface area contributed by atoms with Crippen LogP contribution in [0.3, 0.4) is 0 Å². The quantitative estimate of drug-likeness (QED) is 0.0734. The van der Waals surface area contributed by atoms with Gasteiger partial charge in [0.05, 0.1) is 35.4 Å². The molecule has 3 aromatic heterocycles. The molecule has 0 spiro atoms. The van der Waals surface area contributed by atoms with Crippen molar-refractivity contribution >= 4 is 52.3 Å². The minimum absolute atomic E-state index is 0.344. The van der Waals surface area contributed by atoms with Crippen LogP contribution in [0.15, 0.2) is 48.5 Å². The summed E-state index contributed by atoms with van der Waals surface area (Å²) >= 11 is 0. The molecule has 0 aliphatic carbocycles. The number of benzene rings is 1. The molecule has 0 saturated carbocycles. The molecule has 0 fully saturated rings. The minimum Gasteiger partial charge on any atom is -0.465 e. The van der Waals surface area contributed by atoms with E-state index in [1.807, 2.05) is 24.3 Å². The van der Waals surface area contributed by atoms with E-state index < -0.39 is 0 Å². The van der Waals surface area contributed by atoms with Crippen LogP contribution in [0, 0.1) is 0 Å². The summed E-state index contributed by atoms with van der Waals surface area (Å²) in [6, 6.07) is 16.6. The fourth-order valence-electron chi connectivity index (χ4n) is 7.55. The molecule has 52 heavy (non-hydrogen) atoms. The molecule has 1 aromatic carbocycles. The average molecular weight is 697 g/mol. The highest BCUT2D eigenvalue weighted by molar-refractivity contribution is 5.94. The van der Waals surface area contributed by atoms with Crippen LogP contribution >= 0.6 is 0 Å². The maximum absolute atomic E-state index is 12.3. The van der Waals surface area contributed by atoms with Crippen molar-refractivity contribution in [3.05, 3.63) is 93.6 Å². The minimum atomic E-state index is -0.344. The van der Waals surface area contributed by atoms with Gasteiger partial charge in [0.15, 0.2) is 0 Å². The fraction of sp³-hybridized carbons (Fsp3) is 0.413. The van der Waals surface area contributed by atoms with Crippen LogP contribution in [0.1, 0.15) is 148 Å². The summed E-state index contributed by atoms with van der Waals surface area (Å²) in [6.45, 7) is 6.79. The zero-order valence-corrected chi connectivity index (χ0v) is 31.7. The Labute approximate surface area is 309 Å². The molecule has 2 aliphatic heterocycles. The Kier molecular flexibility index (Phi) is 12.9. The first kappa shape index (κ1) is 37.1. The Hall–Kier alpha value is -4.71. The van der Waals surface area contributed by atoms with Crippen LogP contribution < -0.4 is 0 Å². The van der Waals surface area contributed by atoms with Gasteiger partial charge in [-0.15, -0.1) is 0 Å². The third kappa shape index (κ3) is 8.66. The highest BCUT2D eigenvalue weighted by Gasteiger charge is 2.17. The second kappa shape index (κ2) is 18.2. The monoisotopic (exact) mass is 696 g/mol. The molecule has 2 N–H and O–H groups in total. The third-order valence-corrected chi connectivity index (χ3v) is 10.5. The van der Waals surface area contributed by atoms with Gasteiger partial charge in [0.25, 0.3) is 0 Å². The summed E-state index contributed by atoms with van der Waals surface area (Å²) in [4.78, 5) is 30.8. The molecule has 272 valence electrons. The smallest absolute Gasteiger partial charge is 0.337 e. The van der Waals surface area contributed by atoms with Gasteiger partial charge in [-0.3, -0.25) is 0 Å². The summed E-state index contributed by atoms with van der Waals surface area (Å²) in [5.41, 5.74) is 14.7. The van der Waals surface area contributed by atoms with E-state index in [2.05, 4.69) is 79.3 Å². The van der Waals surface area contributed by atoms with Crippen LogP contribution in [0.25, 0.3) is 57.5 Å². The second-order valence-electron chi connectivity index (χ2n) is 14.3. The number of hydrogen-bond acceptors (Lipinski definition) is 4. The number of fused-ring (bicyclic) bond motifs is 8. The number of ether oxygens (including phenoxy) is 1. The number of rotatable bonds is 17. The van der Waals surface area contributed by atoms with Crippen molar-refractivity contribution in [1.29, 1.82) is 0 Å². The molecule has 0 saturated heterocycles. The Balaban J connectivity index is 1.64. The van der Waals surface area contributed by atoms with Gasteiger partial charge in [0.1, 0.15) is 0 Å². The first-order valence-electron chi connectivity index (χ1n) is 19.9. The van der Waals surface area contributed by atoms with Gasteiger partial charge in [-0.05, 0) is 105 Å². The predicted molar refractivity (Wildman–Crippen MR) is 219 cm³/mol. The van der Waals surface area contributed by atoms with Gasteiger partial charge in [-0.25, -0.2) is 14.8 Å². The lowest BCUT2D eigenvalue weighted by atomic mass is 10.0. The SMILES string of the molecule is CCCCCCc1c2nc(c(CCCCCC)c3ccc([nH]3)c(-c3ccc(C(=O)OC)cc3)c3nc(c(CCCCCC)c4ccc1[nH]4)C=C3)C=C2. The average Bonchev–Trinajstić information content (AvgIpc) is 4.01. The van der Waals surface area contributed by atoms with Crippen molar-refractivity contribution in [3.8, 4) is 11.1 Å². The normalized spacial score (nSPS) is 12.2. The van der Waals surface area contributed by atoms with E-state index in [-0.39, 0.29) is 5.97 Å². The number of aromatic nitrogens is 4. The second-order valence-corrected chi connectivity index (χ2v) is 14.3. The molecule has 0 amide bonds. The number of nitrogens with one attached hydrogen (secondary N) is 2. The summed E-state index contributed by atoms with van der Waals surface area (Å²) in [6.07, 6.45) is 26.0. The highest BCUT2D eigenvalue weighted by atomic mass is 16.5. The molecule has 0 atom stereocenters. The van der Waals surface area contributed by atoms with Crippen LogP contribution in [0.2, 0.25) is 0 Å². The Morgan fingerprint density at radius 2 is 0.923 bits per heavy atom. The molecule has 8 bridgehead atoms. The van der Waals surface area contributed by atoms with E-state index in [4.69, 9.17) is 14.7 Å². The summed E-state index contributed by atoms with van der Waals surface area (Å²) < 4.78 is 5.00. The van der Waals surface area contributed by atoms with Crippen molar-refractivity contribution in [3.63, 3.8) is 0 Å². The topological polar surface area (TPSA) is 83.7 Å². The van der Waals surface area contributed by atoms with Gasteiger partial charge >= 0.3 is 5.97 Å². The van der Waals surface area contributed by atoms with Crippen LogP contribution in [-0.4, -0.2) is 33.0 Å². The lowest BCUT2D eigenvalue weighted by Gasteiger charge is -2.07. The molecule has 6 rings (SSSR count). The van der Waals surface area contributed by atoms with Crippen molar-refractivity contribution in [2.24, 2.45) is 0 Å². The summed E-state index contributed by atoms with van der Waals surface area (Å²) in [5.74, 6) is -0.344. The lowest BCUT2D eigenvalue weighted by Crippen LogP contribution is -2.00. The van der Waals surface area contributed by atoms with E-state index in [1.165, 1.54) is 81.6 Å². The molecular formula is C46H56N4O2. The molecular weight excluding hydrogens is 641 g/mol. The Morgan fingerprint density at radius 3 is 1.37 bits per heavy atom. The van der Waals surface area contributed by atoms with Gasteiger partial charge < -0.3 is 14.7 Å². The number of esters is 1. The summed E-state index contributed by atoms with van der Waals surface area (Å²) in [7, 11) is 1.42. The number of nitrogens with zero attached hydrogens (tertiary/aromatic N) is 2. The van der Waals surface area contributed by atoms with E-state index in [9.17, 15) is 4.79 Å². The number of hydrogen-bond donors (Lipinski definition) is 2. The van der Waals surface area contributed by atoms with E-state index in [0.29, 0.717) is 5.56 Å². The Bertz CT molecular complexity index is 2050. The molecule has 0 radical (unpaired) electrons. The molecule has 0 unspecified atom stereocenters. The first-order valence-corrected chi connectivity index (χ1v) is 19.9. The molecule has 6 heteroatoms. The van der Waals surface area contributed by atoms with Gasteiger partial charge in [0, 0.05) is 44.3 Å². The number of aromatic amines is 2. The zero-order chi connectivity index (χ0) is 36.3. The van der Waals surface area contributed by atoms with E-state index in [1.54, 1.807) is 0 Å². The van der Waals surface area contributed by atoms with Crippen LogP contribution in [0.5, 0.6) is 0 Å². The molecule has 2 aliphatic rings. The largest absolute Gasteiger partial charge is 0.465 e. The van der Waals surface area contributed by atoms with Crippen molar-refractivity contribution in [2.75, 3.05) is 7.11 Å². The van der Waals surface area contributed by atoms with E-state index in [0.717, 1.165) is 94.5 Å².